The third-order valence-corrected chi connectivity index (χ3v) is 2.03. The lowest BCUT2D eigenvalue weighted by atomic mass is 10.4. The van der Waals surface area contributed by atoms with E-state index in [1.165, 1.54) is 0 Å². The van der Waals surface area contributed by atoms with E-state index in [0.717, 1.165) is 16.7 Å². The molecule has 0 amide bonds. The lowest BCUT2D eigenvalue weighted by Crippen LogP contribution is -2.07. The topological polar surface area (TPSA) is 34.1 Å². The fourth-order valence-corrected chi connectivity index (χ4v) is 1.20. The number of nitrogens with zero attached hydrogens (tertiary/aromatic N) is 1. The van der Waals surface area contributed by atoms with Crippen LogP contribution in [0.3, 0.4) is 0 Å². The number of methoxy groups -OCH3 is 1. The quantitative estimate of drug-likeness (QED) is 0.803. The molecular weight excluding hydrogens is 220 g/mol. The zero-order valence-corrected chi connectivity index (χ0v) is 8.47. The molecule has 0 aliphatic rings. The average molecular weight is 231 g/mol. The third-order valence-electron chi connectivity index (χ3n) is 1.39. The number of ether oxygens (including phenoxy) is 1. The number of anilines is 1. The van der Waals surface area contributed by atoms with E-state index < -0.39 is 0 Å². The van der Waals surface area contributed by atoms with Gasteiger partial charge in [0.2, 0.25) is 0 Å². The summed E-state index contributed by atoms with van der Waals surface area (Å²) in [6.07, 6.45) is 3.51. The molecule has 3 nitrogen and oxygen atoms in total. The highest BCUT2D eigenvalue weighted by Gasteiger charge is 1.95. The summed E-state index contributed by atoms with van der Waals surface area (Å²) in [7, 11) is 1.68. The fourth-order valence-electron chi connectivity index (χ4n) is 0.806. The van der Waals surface area contributed by atoms with Gasteiger partial charge in [0.05, 0.1) is 16.8 Å². The van der Waals surface area contributed by atoms with Crippen molar-refractivity contribution >= 4 is 21.6 Å². The van der Waals surface area contributed by atoms with Gasteiger partial charge < -0.3 is 10.1 Å². The molecule has 1 rings (SSSR count). The Labute approximate surface area is 80.3 Å². The molecule has 0 saturated carbocycles. The number of halogens is 1. The smallest absolute Gasteiger partial charge is 0.0635 e. The van der Waals surface area contributed by atoms with Crippen molar-refractivity contribution in [2.75, 3.05) is 25.6 Å². The summed E-state index contributed by atoms with van der Waals surface area (Å²) in [5, 5.41) is 3.20. The van der Waals surface area contributed by atoms with E-state index in [9.17, 15) is 0 Å². The van der Waals surface area contributed by atoms with Crippen LogP contribution in [0, 0.1) is 0 Å². The van der Waals surface area contributed by atoms with Crippen LogP contribution in [-0.4, -0.2) is 25.2 Å². The van der Waals surface area contributed by atoms with Crippen LogP contribution in [0.4, 0.5) is 5.69 Å². The van der Waals surface area contributed by atoms with E-state index in [-0.39, 0.29) is 0 Å². The maximum absolute atomic E-state index is 4.91. The largest absolute Gasteiger partial charge is 0.383 e. The molecule has 0 bridgehead atoms. The normalized spacial score (nSPS) is 9.83. The van der Waals surface area contributed by atoms with Gasteiger partial charge in [-0.15, -0.1) is 0 Å². The van der Waals surface area contributed by atoms with E-state index in [1.54, 1.807) is 19.5 Å². The zero-order chi connectivity index (χ0) is 8.81. The van der Waals surface area contributed by atoms with Gasteiger partial charge in [-0.2, -0.15) is 0 Å². The summed E-state index contributed by atoms with van der Waals surface area (Å²) in [5.74, 6) is 0. The van der Waals surface area contributed by atoms with Crippen LogP contribution in [-0.2, 0) is 4.74 Å². The average Bonchev–Trinajstić information content (AvgIpc) is 2.09. The molecule has 1 aromatic rings. The van der Waals surface area contributed by atoms with Crippen LogP contribution in [0.15, 0.2) is 22.9 Å². The van der Waals surface area contributed by atoms with Crippen LogP contribution in [0.1, 0.15) is 0 Å². The molecule has 0 fully saturated rings. The molecule has 1 heterocycles. The number of pyridine rings is 1. The van der Waals surface area contributed by atoms with Gasteiger partial charge in [-0.05, 0) is 22.0 Å². The van der Waals surface area contributed by atoms with E-state index in [2.05, 4.69) is 26.2 Å². The van der Waals surface area contributed by atoms with Gasteiger partial charge in [0.15, 0.2) is 0 Å². The minimum Gasteiger partial charge on any atom is -0.383 e. The van der Waals surface area contributed by atoms with Crippen LogP contribution < -0.4 is 5.32 Å². The highest BCUT2D eigenvalue weighted by molar-refractivity contribution is 9.10. The van der Waals surface area contributed by atoms with E-state index in [0.29, 0.717) is 6.61 Å². The minimum atomic E-state index is 0.703. The molecule has 66 valence electrons. The van der Waals surface area contributed by atoms with Crippen molar-refractivity contribution in [2.24, 2.45) is 0 Å². The first-order chi connectivity index (χ1) is 5.84. The van der Waals surface area contributed by atoms with Crippen molar-refractivity contribution < 1.29 is 4.74 Å². The van der Waals surface area contributed by atoms with Crippen LogP contribution in [0.25, 0.3) is 0 Å². The van der Waals surface area contributed by atoms with Gasteiger partial charge in [-0.3, -0.25) is 4.98 Å². The van der Waals surface area contributed by atoms with Crippen LogP contribution >= 0.6 is 15.9 Å². The summed E-state index contributed by atoms with van der Waals surface area (Å²) >= 11 is 3.38. The molecule has 4 heteroatoms. The molecule has 0 aliphatic carbocycles. The zero-order valence-electron chi connectivity index (χ0n) is 6.88. The van der Waals surface area contributed by atoms with Crippen LogP contribution in [0.5, 0.6) is 0 Å². The summed E-state index contributed by atoms with van der Waals surface area (Å²) in [6, 6.07) is 1.92. The van der Waals surface area contributed by atoms with Crippen molar-refractivity contribution in [1.82, 2.24) is 4.98 Å². The summed E-state index contributed by atoms with van der Waals surface area (Å²) < 4.78 is 5.88. The molecule has 12 heavy (non-hydrogen) atoms. The second-order valence-corrected chi connectivity index (χ2v) is 3.13. The molecule has 0 aliphatic heterocycles. The first-order valence-corrected chi connectivity index (χ1v) is 4.46. The maximum atomic E-state index is 4.91. The van der Waals surface area contributed by atoms with Gasteiger partial charge in [-0.1, -0.05) is 0 Å². The second kappa shape index (κ2) is 5.11. The van der Waals surface area contributed by atoms with Gasteiger partial charge in [0, 0.05) is 26.0 Å². The van der Waals surface area contributed by atoms with Gasteiger partial charge in [-0.25, -0.2) is 0 Å². The Kier molecular flexibility index (Phi) is 4.04. The highest BCUT2D eigenvalue weighted by Crippen LogP contribution is 2.19. The van der Waals surface area contributed by atoms with Crippen LogP contribution in [0.2, 0.25) is 0 Å². The number of nitrogens with one attached hydrogen (secondary N) is 1. The van der Waals surface area contributed by atoms with Crippen molar-refractivity contribution in [2.45, 2.75) is 0 Å². The van der Waals surface area contributed by atoms with E-state index in [1.807, 2.05) is 6.07 Å². The molecule has 0 atom stereocenters. The van der Waals surface area contributed by atoms with E-state index in [4.69, 9.17) is 4.74 Å². The monoisotopic (exact) mass is 230 g/mol. The first kappa shape index (κ1) is 9.48. The lowest BCUT2D eigenvalue weighted by molar-refractivity contribution is 0.211. The fraction of sp³-hybridized carbons (Fsp3) is 0.375. The summed E-state index contributed by atoms with van der Waals surface area (Å²) in [4.78, 5) is 3.96. The maximum Gasteiger partial charge on any atom is 0.0635 e. The second-order valence-electron chi connectivity index (χ2n) is 2.28. The Morgan fingerprint density at radius 2 is 2.50 bits per heavy atom. The molecule has 0 saturated heterocycles. The Bertz CT molecular complexity index is 242. The Morgan fingerprint density at radius 3 is 3.17 bits per heavy atom. The molecular formula is C8H11BrN2O. The van der Waals surface area contributed by atoms with Gasteiger partial charge in [0.1, 0.15) is 0 Å². The third kappa shape index (κ3) is 2.79. The predicted molar refractivity (Wildman–Crippen MR) is 52.3 cm³/mol. The van der Waals surface area contributed by atoms with Gasteiger partial charge in [0.25, 0.3) is 0 Å². The molecule has 1 N–H and O–H groups in total. The van der Waals surface area contributed by atoms with Crippen molar-refractivity contribution in [3.63, 3.8) is 0 Å². The molecule has 0 radical (unpaired) electrons. The Balaban J connectivity index is 2.46. The van der Waals surface area contributed by atoms with Crippen molar-refractivity contribution in [3.8, 4) is 0 Å². The number of hydrogen-bond acceptors (Lipinski definition) is 3. The van der Waals surface area contributed by atoms with Crippen molar-refractivity contribution in [3.05, 3.63) is 22.9 Å². The van der Waals surface area contributed by atoms with Crippen molar-refractivity contribution in [1.29, 1.82) is 0 Å². The number of aromatic nitrogens is 1. The first-order valence-electron chi connectivity index (χ1n) is 3.67. The Hall–Kier alpha value is -0.610. The van der Waals surface area contributed by atoms with Gasteiger partial charge >= 0.3 is 0 Å². The van der Waals surface area contributed by atoms with E-state index >= 15 is 0 Å². The minimum absolute atomic E-state index is 0.703. The Morgan fingerprint density at radius 1 is 1.67 bits per heavy atom. The standard InChI is InChI=1S/C8H11BrN2O/c1-12-5-4-11-8-2-3-10-6-7(8)9/h2-3,6H,4-5H2,1H3,(H,10,11). The summed E-state index contributed by atoms with van der Waals surface area (Å²) in [5.41, 5.74) is 1.04. The molecule has 0 spiro atoms. The summed E-state index contributed by atoms with van der Waals surface area (Å²) in [6.45, 7) is 1.51. The number of rotatable bonds is 4. The number of hydrogen-bond donors (Lipinski definition) is 1. The predicted octanol–water partition coefficient (Wildman–Crippen LogP) is 1.90. The molecule has 1 aromatic heterocycles. The SMILES string of the molecule is COCCNc1ccncc1Br. The lowest BCUT2D eigenvalue weighted by Gasteiger charge is -2.06. The molecule has 0 aromatic carbocycles. The highest BCUT2D eigenvalue weighted by atomic mass is 79.9. The molecule has 0 unspecified atom stereocenters.